The summed E-state index contributed by atoms with van der Waals surface area (Å²) in [6, 6.07) is 7.91. The quantitative estimate of drug-likeness (QED) is 0.917. The van der Waals surface area contributed by atoms with Crippen LogP contribution < -0.4 is 5.32 Å². The zero-order valence-electron chi connectivity index (χ0n) is 14.2. The van der Waals surface area contributed by atoms with Crippen LogP contribution in [-0.2, 0) is 0 Å². The Morgan fingerprint density at radius 2 is 2.21 bits per heavy atom. The van der Waals surface area contributed by atoms with Gasteiger partial charge in [0, 0.05) is 25.5 Å². The van der Waals surface area contributed by atoms with Crippen LogP contribution in [0.5, 0.6) is 0 Å². The average molecular weight is 328 g/mol. The molecule has 0 aliphatic carbocycles. The van der Waals surface area contributed by atoms with Crippen LogP contribution in [0.2, 0.25) is 0 Å². The van der Waals surface area contributed by atoms with Crippen molar-refractivity contribution >= 4 is 6.03 Å². The number of furan rings is 1. The molecule has 6 nitrogen and oxygen atoms in total. The third-order valence-corrected chi connectivity index (χ3v) is 4.55. The lowest BCUT2D eigenvalue weighted by Gasteiger charge is -2.28. The minimum atomic E-state index is -0.0206. The maximum Gasteiger partial charge on any atom is 0.317 e. The van der Waals surface area contributed by atoms with Crippen LogP contribution in [0, 0.1) is 0 Å². The van der Waals surface area contributed by atoms with Crippen molar-refractivity contribution < 1.29 is 9.21 Å². The third kappa shape index (κ3) is 3.59. The van der Waals surface area contributed by atoms with E-state index >= 15 is 0 Å². The molecule has 1 aliphatic heterocycles. The Kier molecular flexibility index (Phi) is 5.15. The molecule has 6 heteroatoms. The van der Waals surface area contributed by atoms with E-state index in [1.165, 1.54) is 0 Å². The van der Waals surface area contributed by atoms with Gasteiger partial charge in [-0.2, -0.15) is 0 Å². The second-order valence-electron chi connectivity index (χ2n) is 6.31. The van der Waals surface area contributed by atoms with E-state index in [1.54, 1.807) is 18.7 Å². The molecule has 0 radical (unpaired) electrons. The van der Waals surface area contributed by atoms with Gasteiger partial charge in [-0.25, -0.2) is 4.79 Å². The Balaban J connectivity index is 1.64. The fourth-order valence-electron chi connectivity index (χ4n) is 3.25. The van der Waals surface area contributed by atoms with Crippen LogP contribution in [0.4, 0.5) is 4.79 Å². The Morgan fingerprint density at radius 1 is 1.42 bits per heavy atom. The van der Waals surface area contributed by atoms with E-state index in [2.05, 4.69) is 10.3 Å². The minimum Gasteiger partial charge on any atom is -0.468 e. The average Bonchev–Trinajstić information content (AvgIpc) is 3.27. The van der Waals surface area contributed by atoms with Gasteiger partial charge in [0.15, 0.2) is 0 Å². The molecule has 128 valence electrons. The fraction of sp³-hybridized carbons (Fsp3) is 0.444. The zero-order valence-corrected chi connectivity index (χ0v) is 14.2. The summed E-state index contributed by atoms with van der Waals surface area (Å²) in [5, 5.41) is 3.06. The molecule has 0 spiro atoms. The Bertz CT molecular complexity index is 642. The molecule has 2 aromatic rings. The Hall–Kier alpha value is -2.34. The normalized spacial score (nSPS) is 18.8. The largest absolute Gasteiger partial charge is 0.468 e. The summed E-state index contributed by atoms with van der Waals surface area (Å²) in [4.78, 5) is 20.7. The van der Waals surface area contributed by atoms with E-state index in [1.807, 2.05) is 48.2 Å². The van der Waals surface area contributed by atoms with Crippen LogP contribution >= 0.6 is 0 Å². The SMILES string of the molecule is CN(C)[C@H](CNC(=O)N1CCC[C@H]1c1ccncc1)c1ccco1. The molecule has 3 heterocycles. The van der Waals surface area contributed by atoms with Gasteiger partial charge >= 0.3 is 6.03 Å². The van der Waals surface area contributed by atoms with Crippen LogP contribution in [0.1, 0.15) is 36.2 Å². The van der Waals surface area contributed by atoms with Crippen molar-refractivity contribution in [1.82, 2.24) is 20.1 Å². The molecule has 0 unspecified atom stereocenters. The van der Waals surface area contributed by atoms with Crippen LogP contribution in [0.3, 0.4) is 0 Å². The van der Waals surface area contributed by atoms with Crippen LogP contribution in [0.25, 0.3) is 0 Å². The van der Waals surface area contributed by atoms with Gasteiger partial charge in [-0.3, -0.25) is 9.88 Å². The fourth-order valence-corrected chi connectivity index (χ4v) is 3.25. The number of nitrogens with one attached hydrogen (secondary N) is 1. The van der Waals surface area contributed by atoms with Crippen molar-refractivity contribution in [3.05, 3.63) is 54.2 Å². The maximum atomic E-state index is 12.7. The number of pyridine rings is 1. The van der Waals surface area contributed by atoms with E-state index in [0.29, 0.717) is 6.54 Å². The van der Waals surface area contributed by atoms with Crippen molar-refractivity contribution in [3.63, 3.8) is 0 Å². The van der Waals surface area contributed by atoms with Gasteiger partial charge in [0.2, 0.25) is 0 Å². The lowest BCUT2D eigenvalue weighted by Crippen LogP contribution is -2.42. The number of likely N-dealkylation sites (tertiary alicyclic amines) is 1. The van der Waals surface area contributed by atoms with E-state index in [4.69, 9.17) is 4.42 Å². The lowest BCUT2D eigenvalue weighted by molar-refractivity contribution is 0.185. The molecule has 0 bridgehead atoms. The number of nitrogens with zero attached hydrogens (tertiary/aromatic N) is 3. The summed E-state index contributed by atoms with van der Waals surface area (Å²) in [6.07, 6.45) is 7.24. The van der Waals surface area contributed by atoms with Crippen LogP contribution in [0.15, 0.2) is 47.3 Å². The zero-order chi connectivity index (χ0) is 16.9. The van der Waals surface area contributed by atoms with Crippen molar-refractivity contribution in [2.24, 2.45) is 0 Å². The Labute approximate surface area is 142 Å². The smallest absolute Gasteiger partial charge is 0.317 e. The third-order valence-electron chi connectivity index (χ3n) is 4.55. The van der Waals surface area contributed by atoms with Gasteiger partial charge in [0.05, 0.1) is 18.3 Å². The maximum absolute atomic E-state index is 12.7. The van der Waals surface area contributed by atoms with Gasteiger partial charge in [-0.05, 0) is 56.8 Å². The topological polar surface area (TPSA) is 61.6 Å². The highest BCUT2D eigenvalue weighted by Crippen LogP contribution is 2.31. The summed E-state index contributed by atoms with van der Waals surface area (Å²) in [6.45, 7) is 1.30. The first-order chi connectivity index (χ1) is 11.7. The molecule has 1 saturated heterocycles. The van der Waals surface area contributed by atoms with E-state index in [9.17, 15) is 4.79 Å². The lowest BCUT2D eigenvalue weighted by atomic mass is 10.1. The number of likely N-dealkylation sites (N-methyl/N-ethyl adjacent to an activating group) is 1. The molecule has 1 fully saturated rings. The number of carbonyl (C=O) groups is 1. The summed E-state index contributed by atoms with van der Waals surface area (Å²) >= 11 is 0. The standard InChI is InChI=1S/C18H24N4O2/c1-21(2)16(17-6-4-12-24-17)13-20-18(23)22-11-3-5-15(22)14-7-9-19-10-8-14/h4,6-10,12,15-16H,3,5,11,13H2,1-2H3,(H,20,23)/t15-,16+/m0/s1. The number of urea groups is 1. The molecule has 0 aromatic carbocycles. The summed E-state index contributed by atoms with van der Waals surface area (Å²) in [5.74, 6) is 0.854. The molecular weight excluding hydrogens is 304 g/mol. The highest BCUT2D eigenvalue weighted by Gasteiger charge is 2.30. The van der Waals surface area contributed by atoms with Gasteiger partial charge in [0.1, 0.15) is 5.76 Å². The second-order valence-corrected chi connectivity index (χ2v) is 6.31. The van der Waals surface area contributed by atoms with Gasteiger partial charge < -0.3 is 14.6 Å². The van der Waals surface area contributed by atoms with E-state index in [0.717, 1.165) is 30.7 Å². The number of rotatable bonds is 5. The summed E-state index contributed by atoms with van der Waals surface area (Å²) < 4.78 is 5.49. The number of amides is 2. The van der Waals surface area contributed by atoms with E-state index < -0.39 is 0 Å². The number of carbonyl (C=O) groups excluding carboxylic acids is 1. The second kappa shape index (κ2) is 7.49. The summed E-state index contributed by atoms with van der Waals surface area (Å²) in [5.41, 5.74) is 1.15. The molecule has 1 N–H and O–H groups in total. The molecule has 1 aliphatic rings. The van der Waals surface area contributed by atoms with E-state index in [-0.39, 0.29) is 18.1 Å². The van der Waals surface area contributed by atoms with Crippen molar-refractivity contribution in [2.75, 3.05) is 27.2 Å². The molecule has 2 atom stereocenters. The van der Waals surface area contributed by atoms with Crippen LogP contribution in [-0.4, -0.2) is 48.0 Å². The minimum absolute atomic E-state index is 0.0194. The number of aromatic nitrogens is 1. The molecule has 0 saturated carbocycles. The molecule has 3 rings (SSSR count). The van der Waals surface area contributed by atoms with Gasteiger partial charge in [0.25, 0.3) is 0 Å². The van der Waals surface area contributed by atoms with Gasteiger partial charge in [-0.15, -0.1) is 0 Å². The monoisotopic (exact) mass is 328 g/mol. The predicted molar refractivity (Wildman–Crippen MR) is 91.5 cm³/mol. The Morgan fingerprint density at radius 3 is 2.88 bits per heavy atom. The number of hydrogen-bond donors (Lipinski definition) is 1. The molecule has 2 aromatic heterocycles. The first-order valence-corrected chi connectivity index (χ1v) is 8.31. The first kappa shape index (κ1) is 16.5. The highest BCUT2D eigenvalue weighted by molar-refractivity contribution is 5.75. The predicted octanol–water partition coefficient (Wildman–Crippen LogP) is 2.82. The first-order valence-electron chi connectivity index (χ1n) is 8.31. The summed E-state index contributed by atoms with van der Waals surface area (Å²) in [7, 11) is 3.96. The van der Waals surface area contributed by atoms with Gasteiger partial charge in [-0.1, -0.05) is 0 Å². The number of hydrogen-bond acceptors (Lipinski definition) is 4. The molecule has 2 amide bonds. The van der Waals surface area contributed by atoms with Crippen molar-refractivity contribution in [1.29, 1.82) is 0 Å². The highest BCUT2D eigenvalue weighted by atomic mass is 16.3. The van der Waals surface area contributed by atoms with Crippen molar-refractivity contribution in [2.45, 2.75) is 24.9 Å². The molecule has 24 heavy (non-hydrogen) atoms. The molecular formula is C18H24N4O2. The van der Waals surface area contributed by atoms with Crippen molar-refractivity contribution in [3.8, 4) is 0 Å².